The highest BCUT2D eigenvalue weighted by molar-refractivity contribution is 5.78. The Hall–Kier alpha value is -0.610. The van der Waals surface area contributed by atoms with Gasteiger partial charge in [-0.15, -0.1) is 0 Å². The van der Waals surface area contributed by atoms with E-state index in [0.717, 1.165) is 26.2 Å². The van der Waals surface area contributed by atoms with Gasteiger partial charge in [0.05, 0.1) is 6.54 Å². The van der Waals surface area contributed by atoms with Crippen LogP contribution in [0.3, 0.4) is 0 Å². The van der Waals surface area contributed by atoms with Crippen LogP contribution in [0.1, 0.15) is 33.6 Å². The van der Waals surface area contributed by atoms with Crippen LogP contribution in [0.2, 0.25) is 0 Å². The van der Waals surface area contributed by atoms with E-state index in [1.54, 1.807) is 0 Å². The molecule has 1 atom stereocenters. The van der Waals surface area contributed by atoms with E-state index in [1.807, 2.05) is 13.8 Å². The summed E-state index contributed by atoms with van der Waals surface area (Å²) in [5, 5.41) is 6.35. The van der Waals surface area contributed by atoms with Gasteiger partial charge >= 0.3 is 0 Å². The molecular formula is C13H27N3O. The van der Waals surface area contributed by atoms with Gasteiger partial charge in [0.15, 0.2) is 0 Å². The van der Waals surface area contributed by atoms with E-state index in [9.17, 15) is 4.79 Å². The monoisotopic (exact) mass is 241 g/mol. The van der Waals surface area contributed by atoms with Crippen molar-refractivity contribution in [1.29, 1.82) is 0 Å². The van der Waals surface area contributed by atoms with Crippen LogP contribution in [0.5, 0.6) is 0 Å². The molecule has 0 aromatic rings. The number of hydrogen-bond acceptors (Lipinski definition) is 3. The third kappa shape index (κ3) is 6.03. The molecule has 1 saturated heterocycles. The van der Waals surface area contributed by atoms with Gasteiger partial charge in [-0.3, -0.25) is 9.69 Å². The minimum atomic E-state index is 0.157. The molecule has 0 spiro atoms. The lowest BCUT2D eigenvalue weighted by molar-refractivity contribution is -0.123. The van der Waals surface area contributed by atoms with Crippen molar-refractivity contribution in [3.05, 3.63) is 0 Å². The van der Waals surface area contributed by atoms with E-state index in [1.165, 1.54) is 12.8 Å². The van der Waals surface area contributed by atoms with Crippen molar-refractivity contribution in [1.82, 2.24) is 15.5 Å². The lowest BCUT2D eigenvalue weighted by Gasteiger charge is -2.32. The Labute approximate surface area is 105 Å². The quantitative estimate of drug-likeness (QED) is 0.724. The van der Waals surface area contributed by atoms with Crippen molar-refractivity contribution in [2.24, 2.45) is 5.92 Å². The van der Waals surface area contributed by atoms with E-state index in [4.69, 9.17) is 0 Å². The number of nitrogens with one attached hydrogen (secondary N) is 2. The lowest BCUT2D eigenvalue weighted by atomic mass is 9.98. The third-order valence-corrected chi connectivity index (χ3v) is 3.10. The molecule has 17 heavy (non-hydrogen) atoms. The van der Waals surface area contributed by atoms with Gasteiger partial charge in [0, 0.05) is 12.6 Å². The van der Waals surface area contributed by atoms with Crippen molar-refractivity contribution >= 4 is 5.91 Å². The van der Waals surface area contributed by atoms with E-state index in [2.05, 4.69) is 22.5 Å². The number of hydrogen-bond donors (Lipinski definition) is 2. The maximum absolute atomic E-state index is 11.7. The van der Waals surface area contributed by atoms with Gasteiger partial charge < -0.3 is 10.6 Å². The molecule has 1 amide bonds. The first-order valence-corrected chi connectivity index (χ1v) is 6.84. The summed E-state index contributed by atoms with van der Waals surface area (Å²) in [6.45, 7) is 10.9. The molecule has 4 nitrogen and oxygen atoms in total. The second kappa shape index (κ2) is 7.67. The number of carbonyl (C=O) groups is 1. The van der Waals surface area contributed by atoms with Crippen molar-refractivity contribution in [3.8, 4) is 0 Å². The highest BCUT2D eigenvalue weighted by atomic mass is 16.2. The molecule has 0 aromatic carbocycles. The number of likely N-dealkylation sites (tertiary alicyclic amines) is 1. The molecule has 1 rings (SSSR count). The molecule has 0 saturated carbocycles. The maximum atomic E-state index is 11.7. The summed E-state index contributed by atoms with van der Waals surface area (Å²) in [4.78, 5) is 14.0. The molecule has 0 radical (unpaired) electrons. The highest BCUT2D eigenvalue weighted by Gasteiger charge is 2.21. The molecule has 1 fully saturated rings. The van der Waals surface area contributed by atoms with Crippen molar-refractivity contribution in [3.63, 3.8) is 0 Å². The average molecular weight is 241 g/mol. The average Bonchev–Trinajstić information content (AvgIpc) is 2.25. The molecule has 1 aliphatic rings. The first-order valence-electron chi connectivity index (χ1n) is 6.84. The third-order valence-electron chi connectivity index (χ3n) is 3.10. The Morgan fingerprint density at radius 3 is 2.88 bits per heavy atom. The van der Waals surface area contributed by atoms with Crippen LogP contribution in [0.4, 0.5) is 0 Å². The lowest BCUT2D eigenvalue weighted by Crippen LogP contribution is -2.45. The fourth-order valence-corrected chi connectivity index (χ4v) is 2.38. The van der Waals surface area contributed by atoms with Crippen LogP contribution in [-0.4, -0.2) is 49.6 Å². The van der Waals surface area contributed by atoms with E-state index < -0.39 is 0 Å². The second-order valence-electron chi connectivity index (χ2n) is 5.27. The topological polar surface area (TPSA) is 44.4 Å². The minimum Gasteiger partial charge on any atom is -0.353 e. The molecule has 0 aliphatic carbocycles. The largest absolute Gasteiger partial charge is 0.353 e. The van der Waals surface area contributed by atoms with Gasteiger partial charge in [0.25, 0.3) is 0 Å². The SMILES string of the molecule is CCNCC1CCCN(CC(=O)NC(C)C)C1. The maximum Gasteiger partial charge on any atom is 0.234 e. The second-order valence-corrected chi connectivity index (χ2v) is 5.27. The van der Waals surface area contributed by atoms with Gasteiger partial charge in [-0.1, -0.05) is 6.92 Å². The molecule has 1 heterocycles. The Morgan fingerprint density at radius 1 is 1.47 bits per heavy atom. The molecule has 100 valence electrons. The number of carbonyl (C=O) groups excluding carboxylic acids is 1. The Balaban J connectivity index is 2.26. The fraction of sp³-hybridized carbons (Fsp3) is 0.923. The van der Waals surface area contributed by atoms with E-state index >= 15 is 0 Å². The van der Waals surface area contributed by atoms with Gasteiger partial charge in [0.2, 0.25) is 5.91 Å². The molecule has 2 N–H and O–H groups in total. The number of piperidine rings is 1. The Kier molecular flexibility index (Phi) is 6.52. The minimum absolute atomic E-state index is 0.157. The highest BCUT2D eigenvalue weighted by Crippen LogP contribution is 2.15. The first-order chi connectivity index (χ1) is 8.11. The summed E-state index contributed by atoms with van der Waals surface area (Å²) in [7, 11) is 0. The van der Waals surface area contributed by atoms with Gasteiger partial charge in [-0.05, 0) is 52.2 Å². The summed E-state index contributed by atoms with van der Waals surface area (Å²) in [5.41, 5.74) is 0. The number of rotatable bonds is 6. The van der Waals surface area contributed by atoms with Gasteiger partial charge in [-0.2, -0.15) is 0 Å². The number of amides is 1. The smallest absolute Gasteiger partial charge is 0.234 e. The van der Waals surface area contributed by atoms with Crippen LogP contribution >= 0.6 is 0 Å². The van der Waals surface area contributed by atoms with Crippen molar-refractivity contribution in [2.45, 2.75) is 39.7 Å². The van der Waals surface area contributed by atoms with Gasteiger partial charge in [-0.25, -0.2) is 0 Å². The zero-order valence-electron chi connectivity index (χ0n) is 11.5. The van der Waals surface area contributed by atoms with Crippen LogP contribution in [-0.2, 0) is 4.79 Å². The molecule has 4 heteroatoms. The normalized spacial score (nSPS) is 21.8. The molecule has 0 bridgehead atoms. The molecular weight excluding hydrogens is 214 g/mol. The Morgan fingerprint density at radius 2 is 2.24 bits per heavy atom. The first kappa shape index (κ1) is 14.5. The Bertz CT molecular complexity index is 231. The van der Waals surface area contributed by atoms with E-state index in [-0.39, 0.29) is 11.9 Å². The van der Waals surface area contributed by atoms with Crippen molar-refractivity contribution < 1.29 is 4.79 Å². The molecule has 1 unspecified atom stereocenters. The van der Waals surface area contributed by atoms with Crippen LogP contribution < -0.4 is 10.6 Å². The molecule has 1 aliphatic heterocycles. The zero-order chi connectivity index (χ0) is 12.7. The zero-order valence-corrected chi connectivity index (χ0v) is 11.5. The summed E-state index contributed by atoms with van der Waals surface area (Å²) >= 11 is 0. The van der Waals surface area contributed by atoms with Crippen molar-refractivity contribution in [2.75, 3.05) is 32.7 Å². The van der Waals surface area contributed by atoms with Crippen LogP contribution in [0.15, 0.2) is 0 Å². The fourth-order valence-electron chi connectivity index (χ4n) is 2.38. The summed E-state index contributed by atoms with van der Waals surface area (Å²) in [6, 6.07) is 0.241. The summed E-state index contributed by atoms with van der Waals surface area (Å²) < 4.78 is 0. The predicted octanol–water partition coefficient (Wildman–Crippen LogP) is 0.833. The standard InChI is InChI=1S/C13H27N3O/c1-4-14-8-12-6-5-7-16(9-12)10-13(17)15-11(2)3/h11-12,14H,4-10H2,1-3H3,(H,15,17). The number of nitrogens with zero attached hydrogens (tertiary/aromatic N) is 1. The van der Waals surface area contributed by atoms with E-state index in [0.29, 0.717) is 12.5 Å². The van der Waals surface area contributed by atoms with Gasteiger partial charge in [0.1, 0.15) is 0 Å². The van der Waals surface area contributed by atoms with Crippen LogP contribution in [0, 0.1) is 5.92 Å². The summed E-state index contributed by atoms with van der Waals surface area (Å²) in [6.07, 6.45) is 2.50. The van der Waals surface area contributed by atoms with Crippen LogP contribution in [0.25, 0.3) is 0 Å². The summed E-state index contributed by atoms with van der Waals surface area (Å²) in [5.74, 6) is 0.861. The molecule has 0 aromatic heterocycles. The predicted molar refractivity (Wildman–Crippen MR) is 71.0 cm³/mol.